The van der Waals surface area contributed by atoms with Crippen LogP contribution in [0.4, 0.5) is 9.39 Å². The average molecular weight is 390 g/mol. The Balaban J connectivity index is 1.71. The van der Waals surface area contributed by atoms with Gasteiger partial charge in [0.25, 0.3) is 5.91 Å². The summed E-state index contributed by atoms with van der Waals surface area (Å²) < 4.78 is 18.1. The Morgan fingerprint density at radius 3 is 2.70 bits per heavy atom. The largest absolute Gasteiger partial charge is 0.462 e. The molecule has 0 saturated heterocycles. The van der Waals surface area contributed by atoms with Gasteiger partial charge in [0, 0.05) is 11.3 Å². The summed E-state index contributed by atoms with van der Waals surface area (Å²) in [4.78, 5) is 31.0. The molecule has 1 aliphatic heterocycles. The second-order valence-electron chi connectivity index (χ2n) is 6.04. The van der Waals surface area contributed by atoms with Crippen LogP contribution in [0.5, 0.6) is 0 Å². The summed E-state index contributed by atoms with van der Waals surface area (Å²) in [5.41, 5.74) is 2.41. The maximum Gasteiger partial charge on any atom is 0.341 e. The van der Waals surface area contributed by atoms with Crippen LogP contribution in [-0.2, 0) is 14.4 Å². The number of ether oxygens (including phenoxy) is 1. The molecule has 0 spiro atoms. The predicted molar refractivity (Wildman–Crippen MR) is 101 cm³/mol. The van der Waals surface area contributed by atoms with Crippen LogP contribution in [0.25, 0.3) is 0 Å². The number of aryl methyl sites for hydroxylation is 1. The summed E-state index contributed by atoms with van der Waals surface area (Å²) in [6.45, 7) is 5.67. The monoisotopic (exact) mass is 390 g/mol. The zero-order chi connectivity index (χ0) is 19.6. The summed E-state index contributed by atoms with van der Waals surface area (Å²) in [6.07, 6.45) is -0.557. The number of hydrogen-bond acceptors (Lipinski definition) is 6. The second kappa shape index (κ2) is 7.87. The lowest BCUT2D eigenvalue weighted by molar-refractivity contribution is -0.125. The van der Waals surface area contributed by atoms with Gasteiger partial charge in [-0.3, -0.25) is 4.79 Å². The van der Waals surface area contributed by atoms with E-state index >= 15 is 0 Å². The first-order valence-corrected chi connectivity index (χ1v) is 9.29. The number of oxime groups is 1. The van der Waals surface area contributed by atoms with Gasteiger partial charge in [0.1, 0.15) is 10.8 Å². The van der Waals surface area contributed by atoms with E-state index in [1.165, 1.54) is 23.5 Å². The molecule has 6 nitrogen and oxygen atoms in total. The van der Waals surface area contributed by atoms with Crippen molar-refractivity contribution in [2.45, 2.75) is 33.3 Å². The van der Waals surface area contributed by atoms with Crippen molar-refractivity contribution in [1.82, 2.24) is 0 Å². The quantitative estimate of drug-likeness (QED) is 0.788. The Bertz CT molecular complexity index is 905. The molecule has 2 aromatic rings. The standard InChI is InChI=1S/C19H19FN2O4S/c1-4-25-19(24)16-10(2)11(3)27-18(16)21-17(23)15-9-14(22-26-15)12-5-7-13(20)8-6-12/h5-8,15H,4,9H2,1-3H3,(H,21,23). The topological polar surface area (TPSA) is 77.0 Å². The van der Waals surface area contributed by atoms with E-state index in [9.17, 15) is 14.0 Å². The van der Waals surface area contributed by atoms with Crippen LogP contribution < -0.4 is 5.32 Å². The molecule has 3 rings (SSSR count). The highest BCUT2D eigenvalue weighted by Gasteiger charge is 2.31. The van der Waals surface area contributed by atoms with E-state index in [2.05, 4.69) is 10.5 Å². The number of halogens is 1. The molecule has 0 radical (unpaired) electrons. The molecule has 1 aromatic carbocycles. The molecule has 1 amide bonds. The highest BCUT2D eigenvalue weighted by molar-refractivity contribution is 7.16. The summed E-state index contributed by atoms with van der Waals surface area (Å²) in [5.74, 6) is -1.21. The fourth-order valence-corrected chi connectivity index (χ4v) is 3.74. The molecule has 1 N–H and O–H groups in total. The second-order valence-corrected chi connectivity index (χ2v) is 7.26. The maximum absolute atomic E-state index is 13.0. The fourth-order valence-electron chi connectivity index (χ4n) is 2.69. The molecule has 0 fully saturated rings. The van der Waals surface area contributed by atoms with Crippen LogP contribution >= 0.6 is 11.3 Å². The smallest absolute Gasteiger partial charge is 0.341 e. The first-order chi connectivity index (χ1) is 12.9. The minimum atomic E-state index is -0.817. The van der Waals surface area contributed by atoms with E-state index in [1.807, 2.05) is 13.8 Å². The van der Waals surface area contributed by atoms with Gasteiger partial charge in [-0.05, 0) is 44.0 Å². The molecule has 0 aliphatic carbocycles. The molecule has 0 saturated carbocycles. The number of carbonyl (C=O) groups is 2. The lowest BCUT2D eigenvalue weighted by Gasteiger charge is -2.10. The number of amides is 1. The van der Waals surface area contributed by atoms with Crippen molar-refractivity contribution >= 4 is 33.9 Å². The highest BCUT2D eigenvalue weighted by atomic mass is 32.1. The Morgan fingerprint density at radius 2 is 2.04 bits per heavy atom. The predicted octanol–water partition coefficient (Wildman–Crippen LogP) is 3.81. The van der Waals surface area contributed by atoms with Crippen molar-refractivity contribution in [1.29, 1.82) is 0 Å². The molecular formula is C19H19FN2O4S. The van der Waals surface area contributed by atoms with Crippen molar-refractivity contribution in [3.8, 4) is 0 Å². The van der Waals surface area contributed by atoms with E-state index in [1.54, 1.807) is 19.1 Å². The third kappa shape index (κ3) is 4.00. The van der Waals surface area contributed by atoms with E-state index in [4.69, 9.17) is 9.57 Å². The van der Waals surface area contributed by atoms with Gasteiger partial charge in [0.05, 0.1) is 17.9 Å². The number of rotatable bonds is 5. The van der Waals surface area contributed by atoms with Crippen molar-refractivity contribution < 1.29 is 23.6 Å². The number of nitrogens with one attached hydrogen (secondary N) is 1. The highest BCUT2D eigenvalue weighted by Crippen LogP contribution is 2.33. The number of hydrogen-bond donors (Lipinski definition) is 1. The number of esters is 1. The number of thiophene rings is 1. The van der Waals surface area contributed by atoms with Crippen molar-refractivity contribution in [3.63, 3.8) is 0 Å². The SMILES string of the molecule is CCOC(=O)c1c(NC(=O)C2CC(c3ccc(F)cc3)=NO2)sc(C)c1C. The molecule has 142 valence electrons. The zero-order valence-corrected chi connectivity index (χ0v) is 16.0. The van der Waals surface area contributed by atoms with Crippen LogP contribution in [0.1, 0.15) is 39.7 Å². The Kier molecular flexibility index (Phi) is 5.55. The molecule has 0 bridgehead atoms. The van der Waals surface area contributed by atoms with Gasteiger partial charge in [0.2, 0.25) is 6.10 Å². The normalized spacial score (nSPS) is 15.9. The van der Waals surface area contributed by atoms with Gasteiger partial charge in [-0.2, -0.15) is 0 Å². The van der Waals surface area contributed by atoms with Crippen LogP contribution in [0.2, 0.25) is 0 Å². The first-order valence-electron chi connectivity index (χ1n) is 8.47. The number of nitrogens with zero attached hydrogens (tertiary/aromatic N) is 1. The van der Waals surface area contributed by atoms with Gasteiger partial charge < -0.3 is 14.9 Å². The van der Waals surface area contributed by atoms with Crippen LogP contribution in [0.15, 0.2) is 29.4 Å². The van der Waals surface area contributed by atoms with Gasteiger partial charge in [-0.15, -0.1) is 11.3 Å². The lowest BCUT2D eigenvalue weighted by Crippen LogP contribution is -2.28. The number of carbonyl (C=O) groups excluding carboxylic acids is 2. The van der Waals surface area contributed by atoms with Gasteiger partial charge >= 0.3 is 5.97 Å². The Hall–Kier alpha value is -2.74. The van der Waals surface area contributed by atoms with Crippen LogP contribution in [-0.4, -0.2) is 30.3 Å². The van der Waals surface area contributed by atoms with Crippen molar-refractivity contribution in [3.05, 3.63) is 51.7 Å². The molecule has 1 aromatic heterocycles. The lowest BCUT2D eigenvalue weighted by atomic mass is 10.0. The third-order valence-corrected chi connectivity index (χ3v) is 5.36. The summed E-state index contributed by atoms with van der Waals surface area (Å²) in [5, 5.41) is 7.13. The molecule has 1 unspecified atom stereocenters. The van der Waals surface area contributed by atoms with Gasteiger partial charge in [-0.25, -0.2) is 9.18 Å². The first kappa shape index (κ1) is 19.0. The van der Waals surface area contributed by atoms with E-state index in [-0.39, 0.29) is 18.8 Å². The fraction of sp³-hybridized carbons (Fsp3) is 0.316. The van der Waals surface area contributed by atoms with E-state index in [0.29, 0.717) is 21.8 Å². The average Bonchev–Trinajstić information content (AvgIpc) is 3.22. The third-order valence-electron chi connectivity index (χ3n) is 4.24. The van der Waals surface area contributed by atoms with Crippen molar-refractivity contribution in [2.75, 3.05) is 11.9 Å². The van der Waals surface area contributed by atoms with Crippen LogP contribution in [0, 0.1) is 19.7 Å². The van der Waals surface area contributed by atoms with E-state index < -0.39 is 18.0 Å². The molecule has 1 aliphatic rings. The summed E-state index contributed by atoms with van der Waals surface area (Å²) >= 11 is 1.31. The molecular weight excluding hydrogens is 371 g/mol. The zero-order valence-electron chi connectivity index (χ0n) is 15.2. The molecule has 8 heteroatoms. The summed E-state index contributed by atoms with van der Waals surface area (Å²) in [7, 11) is 0. The van der Waals surface area contributed by atoms with Crippen molar-refractivity contribution in [2.24, 2.45) is 5.16 Å². The Morgan fingerprint density at radius 1 is 1.33 bits per heavy atom. The van der Waals surface area contributed by atoms with Gasteiger partial charge in [-0.1, -0.05) is 17.3 Å². The number of benzene rings is 1. The summed E-state index contributed by atoms with van der Waals surface area (Å²) in [6, 6.07) is 5.83. The minimum Gasteiger partial charge on any atom is -0.462 e. The molecule has 27 heavy (non-hydrogen) atoms. The Labute approximate surface area is 160 Å². The molecule has 2 heterocycles. The van der Waals surface area contributed by atoms with E-state index in [0.717, 1.165) is 10.4 Å². The number of anilines is 1. The molecule has 1 atom stereocenters. The maximum atomic E-state index is 13.0. The van der Waals surface area contributed by atoms with Gasteiger partial charge in [0.15, 0.2) is 0 Å². The van der Waals surface area contributed by atoms with Crippen LogP contribution in [0.3, 0.4) is 0 Å². The minimum absolute atomic E-state index is 0.251.